The van der Waals surface area contributed by atoms with Gasteiger partial charge in [-0.15, -0.1) is 0 Å². The SMILES string of the molecule is CCOC(=O)CC(N)(C(=O)OCC)P(=O)(O)C(N)(CC(=O)OCC)C(=O)OCC. The van der Waals surface area contributed by atoms with Crippen LogP contribution in [0.4, 0.5) is 0 Å². The minimum atomic E-state index is -5.46. The van der Waals surface area contributed by atoms with Gasteiger partial charge in [0.2, 0.25) is 10.6 Å². The van der Waals surface area contributed by atoms with E-state index < -0.39 is 54.6 Å². The zero-order valence-corrected chi connectivity index (χ0v) is 17.9. The Labute approximate surface area is 168 Å². The maximum Gasteiger partial charge on any atom is 0.336 e. The molecule has 0 heterocycles. The van der Waals surface area contributed by atoms with Gasteiger partial charge in [-0.3, -0.25) is 14.2 Å². The minimum Gasteiger partial charge on any atom is -0.466 e. The third kappa shape index (κ3) is 5.99. The molecule has 2 unspecified atom stereocenters. The molecule has 29 heavy (non-hydrogen) atoms. The zero-order chi connectivity index (χ0) is 22.9. The third-order valence-corrected chi connectivity index (χ3v) is 6.62. The molecule has 0 aliphatic rings. The van der Waals surface area contributed by atoms with E-state index in [4.69, 9.17) is 30.4 Å². The second-order valence-corrected chi connectivity index (χ2v) is 8.58. The Morgan fingerprint density at radius 1 is 0.724 bits per heavy atom. The summed E-state index contributed by atoms with van der Waals surface area (Å²) in [5.41, 5.74) is 11.8. The Morgan fingerprint density at radius 2 is 1.00 bits per heavy atom. The molecular weight excluding hydrogens is 411 g/mol. The van der Waals surface area contributed by atoms with Gasteiger partial charge >= 0.3 is 23.9 Å². The molecule has 0 aliphatic carbocycles. The average molecular weight is 440 g/mol. The lowest BCUT2D eigenvalue weighted by Gasteiger charge is -2.39. The number of esters is 4. The summed E-state index contributed by atoms with van der Waals surface area (Å²) in [6.45, 7) is 4.99. The van der Waals surface area contributed by atoms with Gasteiger partial charge in [0.1, 0.15) is 0 Å². The van der Waals surface area contributed by atoms with Crippen LogP contribution in [0.3, 0.4) is 0 Å². The van der Waals surface area contributed by atoms with E-state index in [9.17, 15) is 28.6 Å². The molecule has 0 amide bonds. The molecule has 168 valence electrons. The van der Waals surface area contributed by atoms with Crippen molar-refractivity contribution < 1.29 is 47.6 Å². The Morgan fingerprint density at radius 3 is 1.24 bits per heavy atom. The van der Waals surface area contributed by atoms with E-state index in [1.165, 1.54) is 27.7 Å². The topological polar surface area (TPSA) is 195 Å². The highest BCUT2D eigenvalue weighted by Crippen LogP contribution is 2.63. The molecule has 0 bridgehead atoms. The molecule has 13 heteroatoms. The van der Waals surface area contributed by atoms with Gasteiger partial charge in [0.15, 0.2) is 0 Å². The first-order chi connectivity index (χ1) is 13.4. The summed E-state index contributed by atoms with van der Waals surface area (Å²) in [7, 11) is -5.46. The number of carbonyl (C=O) groups is 4. The number of carbonyl (C=O) groups excluding carboxylic acids is 4. The fraction of sp³-hybridized carbons (Fsp3) is 0.750. The van der Waals surface area contributed by atoms with Crippen molar-refractivity contribution in [3.05, 3.63) is 0 Å². The molecular formula is C16H29N2O10P. The molecule has 0 fully saturated rings. The lowest BCUT2D eigenvalue weighted by molar-refractivity contribution is -0.155. The summed E-state index contributed by atoms with van der Waals surface area (Å²) in [4.78, 5) is 59.8. The van der Waals surface area contributed by atoms with Gasteiger partial charge in [0.25, 0.3) is 7.37 Å². The fourth-order valence-corrected chi connectivity index (χ4v) is 4.36. The summed E-state index contributed by atoms with van der Waals surface area (Å²) in [6.07, 6.45) is -2.26. The highest BCUT2D eigenvalue weighted by Gasteiger charge is 2.67. The van der Waals surface area contributed by atoms with Gasteiger partial charge in [-0.05, 0) is 27.7 Å². The van der Waals surface area contributed by atoms with Crippen LogP contribution in [0.15, 0.2) is 0 Å². The fourth-order valence-electron chi connectivity index (χ4n) is 2.34. The normalized spacial score (nSPS) is 17.1. The van der Waals surface area contributed by atoms with Gasteiger partial charge < -0.3 is 35.3 Å². The largest absolute Gasteiger partial charge is 0.466 e. The standard InChI is InChI=1S/C16H29N2O10P/c1-5-25-11(19)9-15(17,13(21)27-7-3)29(23,24)16(18,14(22)28-8-4)10-12(20)26-6-2/h5-10,17-18H2,1-4H3,(H,23,24). The molecule has 0 aromatic rings. The molecule has 0 saturated heterocycles. The van der Waals surface area contributed by atoms with Gasteiger partial charge in [0.05, 0.1) is 39.3 Å². The lowest BCUT2D eigenvalue weighted by atomic mass is 10.2. The molecule has 0 saturated carbocycles. The average Bonchev–Trinajstić information content (AvgIpc) is 2.61. The van der Waals surface area contributed by atoms with Crippen LogP contribution in [0, 0.1) is 0 Å². The Hall–Kier alpha value is -2.01. The first-order valence-electron chi connectivity index (χ1n) is 8.94. The molecule has 0 radical (unpaired) electrons. The molecule has 0 aliphatic heterocycles. The van der Waals surface area contributed by atoms with Crippen LogP contribution in [0.2, 0.25) is 0 Å². The van der Waals surface area contributed by atoms with Crippen LogP contribution >= 0.6 is 7.37 Å². The van der Waals surface area contributed by atoms with Gasteiger partial charge in [-0.25, -0.2) is 9.59 Å². The van der Waals surface area contributed by atoms with Crippen LogP contribution in [-0.4, -0.2) is 65.8 Å². The summed E-state index contributed by atoms with van der Waals surface area (Å²) >= 11 is 0. The van der Waals surface area contributed by atoms with E-state index in [0.29, 0.717) is 0 Å². The van der Waals surface area contributed by atoms with Crippen molar-refractivity contribution >= 4 is 31.2 Å². The molecule has 5 N–H and O–H groups in total. The number of hydrogen-bond donors (Lipinski definition) is 3. The van der Waals surface area contributed by atoms with Crippen LogP contribution in [0.1, 0.15) is 40.5 Å². The second-order valence-electron chi connectivity index (χ2n) is 5.83. The van der Waals surface area contributed by atoms with Crippen molar-refractivity contribution in [1.82, 2.24) is 0 Å². The number of ether oxygens (including phenoxy) is 4. The molecule has 12 nitrogen and oxygen atoms in total. The summed E-state index contributed by atoms with van der Waals surface area (Å²) in [6, 6.07) is 0. The number of hydrogen-bond acceptors (Lipinski definition) is 11. The lowest BCUT2D eigenvalue weighted by Crippen LogP contribution is -2.61. The van der Waals surface area contributed by atoms with Crippen molar-refractivity contribution in [2.45, 2.75) is 51.1 Å². The maximum atomic E-state index is 13.5. The maximum absolute atomic E-state index is 13.5. The van der Waals surface area contributed by atoms with Crippen LogP contribution in [-0.2, 0) is 42.7 Å². The highest BCUT2D eigenvalue weighted by atomic mass is 31.2. The van der Waals surface area contributed by atoms with Crippen molar-refractivity contribution in [3.63, 3.8) is 0 Å². The van der Waals surface area contributed by atoms with Gasteiger partial charge in [0, 0.05) is 0 Å². The third-order valence-electron chi connectivity index (χ3n) is 3.78. The number of rotatable bonds is 12. The smallest absolute Gasteiger partial charge is 0.336 e. The predicted molar refractivity (Wildman–Crippen MR) is 99.4 cm³/mol. The second kappa shape index (κ2) is 11.2. The predicted octanol–water partition coefficient (Wildman–Crippen LogP) is -0.401. The van der Waals surface area contributed by atoms with Crippen LogP contribution in [0.5, 0.6) is 0 Å². The zero-order valence-electron chi connectivity index (χ0n) is 17.0. The first kappa shape index (κ1) is 27.0. The van der Waals surface area contributed by atoms with E-state index in [1.807, 2.05) is 0 Å². The molecule has 2 atom stereocenters. The molecule has 0 aromatic carbocycles. The highest BCUT2D eigenvalue weighted by molar-refractivity contribution is 7.63. The first-order valence-corrected chi connectivity index (χ1v) is 10.6. The number of nitrogens with two attached hydrogens (primary N) is 2. The van der Waals surface area contributed by atoms with E-state index in [2.05, 4.69) is 0 Å². The van der Waals surface area contributed by atoms with Gasteiger partial charge in [-0.2, -0.15) is 0 Å². The van der Waals surface area contributed by atoms with Crippen LogP contribution < -0.4 is 11.5 Å². The van der Waals surface area contributed by atoms with Crippen molar-refractivity contribution in [1.29, 1.82) is 0 Å². The van der Waals surface area contributed by atoms with Crippen LogP contribution in [0.25, 0.3) is 0 Å². The summed E-state index contributed by atoms with van der Waals surface area (Å²) < 4.78 is 32.3. The summed E-state index contributed by atoms with van der Waals surface area (Å²) in [5, 5.41) is -5.97. The molecule has 0 spiro atoms. The summed E-state index contributed by atoms with van der Waals surface area (Å²) in [5.74, 6) is -5.16. The van der Waals surface area contributed by atoms with Crippen molar-refractivity contribution in [2.75, 3.05) is 26.4 Å². The molecule has 0 rings (SSSR count). The Balaban J connectivity index is 6.50. The van der Waals surface area contributed by atoms with E-state index >= 15 is 0 Å². The Bertz CT molecular complexity index is 618. The quantitative estimate of drug-likeness (QED) is 0.202. The van der Waals surface area contributed by atoms with E-state index in [1.54, 1.807) is 0 Å². The monoisotopic (exact) mass is 440 g/mol. The van der Waals surface area contributed by atoms with Gasteiger partial charge in [-0.1, -0.05) is 0 Å². The van der Waals surface area contributed by atoms with E-state index in [-0.39, 0.29) is 26.4 Å². The van der Waals surface area contributed by atoms with Crippen molar-refractivity contribution in [3.8, 4) is 0 Å². The minimum absolute atomic E-state index is 0.109. The molecule has 0 aromatic heterocycles. The van der Waals surface area contributed by atoms with Crippen molar-refractivity contribution in [2.24, 2.45) is 11.5 Å². The Kier molecular flexibility index (Phi) is 10.5. The van der Waals surface area contributed by atoms with E-state index in [0.717, 1.165) is 0 Å².